The van der Waals surface area contributed by atoms with Crippen LogP contribution in [0.15, 0.2) is 29.3 Å². The van der Waals surface area contributed by atoms with Crippen LogP contribution in [0.2, 0.25) is 0 Å². The van der Waals surface area contributed by atoms with Gasteiger partial charge in [-0.2, -0.15) is 5.26 Å². The number of piperidine rings is 1. The fourth-order valence-electron chi connectivity index (χ4n) is 4.79. The molecule has 0 aliphatic carbocycles. The normalized spacial score (nSPS) is 24.3. The fourth-order valence-corrected chi connectivity index (χ4v) is 5.26. The molecule has 172 valence electrons. The Kier molecular flexibility index (Phi) is 7.75. The molecule has 2 unspecified atom stereocenters. The first-order chi connectivity index (χ1) is 15.1. The molecule has 1 N–H and O–H groups in total. The molecule has 0 spiro atoms. The molecule has 1 amide bonds. The summed E-state index contributed by atoms with van der Waals surface area (Å²) < 4.78 is 0. The number of hydrogen-bond acceptors (Lipinski definition) is 5. The fraction of sp³-hybridized carbons (Fsp3) is 0.560. The van der Waals surface area contributed by atoms with Gasteiger partial charge in [0.05, 0.1) is 17.3 Å². The third-order valence-electron chi connectivity index (χ3n) is 6.41. The number of nitrogens with one attached hydrogen (secondary N) is 1. The van der Waals surface area contributed by atoms with Gasteiger partial charge in [-0.3, -0.25) is 14.7 Å². The highest BCUT2D eigenvalue weighted by molar-refractivity contribution is 7.19. The standard InChI is InChI=1S/C25H36N5OP/c1-6-7-10-27-23-18(3)22(9-8-20(23)12-26)29-13-17(2)11-21(14-29)28-24(31)19(4)30-15-25(5,32)16-30/h6-10,17,19,21H,11,13-16,32H2,1-5H3,(H,28,31)/b7-6+,27-10?/t17-,19?,21+/m0/s1. The Morgan fingerprint density at radius 2 is 2.12 bits per heavy atom. The van der Waals surface area contributed by atoms with Crippen molar-refractivity contribution in [3.8, 4) is 6.07 Å². The quantitative estimate of drug-likeness (QED) is 0.525. The van der Waals surface area contributed by atoms with E-state index >= 15 is 0 Å². The van der Waals surface area contributed by atoms with Crippen molar-refractivity contribution in [1.29, 1.82) is 5.26 Å². The molecule has 2 saturated heterocycles. The average Bonchev–Trinajstić information content (AvgIpc) is 2.72. The summed E-state index contributed by atoms with van der Waals surface area (Å²) in [5, 5.41) is 13.1. The van der Waals surface area contributed by atoms with E-state index in [1.807, 2.05) is 45.1 Å². The summed E-state index contributed by atoms with van der Waals surface area (Å²) in [5.74, 6) is 0.562. The van der Waals surface area contributed by atoms with E-state index in [1.54, 1.807) is 6.21 Å². The highest BCUT2D eigenvalue weighted by Crippen LogP contribution is 2.35. The van der Waals surface area contributed by atoms with Crippen LogP contribution in [0.4, 0.5) is 11.4 Å². The van der Waals surface area contributed by atoms with E-state index in [9.17, 15) is 10.1 Å². The largest absolute Gasteiger partial charge is 0.369 e. The Morgan fingerprint density at radius 3 is 2.75 bits per heavy atom. The van der Waals surface area contributed by atoms with Gasteiger partial charge in [-0.05, 0) is 56.9 Å². The van der Waals surface area contributed by atoms with Crippen LogP contribution in [0, 0.1) is 24.2 Å². The molecule has 4 atom stereocenters. The maximum absolute atomic E-state index is 12.9. The first-order valence-corrected chi connectivity index (χ1v) is 12.0. The first kappa shape index (κ1) is 24.4. The van der Waals surface area contributed by atoms with E-state index < -0.39 is 0 Å². The molecule has 0 aromatic heterocycles. The lowest BCUT2D eigenvalue weighted by atomic mass is 9.93. The van der Waals surface area contributed by atoms with Crippen molar-refractivity contribution in [2.75, 3.05) is 31.1 Å². The highest BCUT2D eigenvalue weighted by Gasteiger charge is 2.39. The summed E-state index contributed by atoms with van der Waals surface area (Å²) in [4.78, 5) is 22.0. The second-order valence-corrected chi connectivity index (χ2v) is 11.1. The number of likely N-dealkylation sites (tertiary alicyclic amines) is 1. The van der Waals surface area contributed by atoms with Crippen molar-refractivity contribution < 1.29 is 4.79 Å². The number of rotatable bonds is 6. The minimum Gasteiger partial charge on any atom is -0.369 e. The number of amides is 1. The molecule has 2 heterocycles. The molecular formula is C25H36N5OP. The summed E-state index contributed by atoms with van der Waals surface area (Å²) in [6, 6.07) is 6.11. The second kappa shape index (κ2) is 10.1. The number of carbonyl (C=O) groups is 1. The SMILES string of the molecule is C/C=C/C=Nc1c(C#N)ccc(N2C[C@@H](C)C[C@@H](NC(=O)C(C)N3CC(C)(P)C3)C2)c1C. The van der Waals surface area contributed by atoms with Gasteiger partial charge < -0.3 is 10.2 Å². The molecular weight excluding hydrogens is 417 g/mol. The van der Waals surface area contributed by atoms with Gasteiger partial charge in [0.2, 0.25) is 5.91 Å². The first-order valence-electron chi connectivity index (χ1n) is 11.4. The lowest BCUT2D eigenvalue weighted by Crippen LogP contribution is -2.63. The molecule has 2 fully saturated rings. The van der Waals surface area contributed by atoms with Crippen molar-refractivity contribution >= 4 is 32.7 Å². The Labute approximate surface area is 195 Å². The Morgan fingerprint density at radius 1 is 1.41 bits per heavy atom. The van der Waals surface area contributed by atoms with E-state index in [0.29, 0.717) is 17.2 Å². The number of aliphatic imine (C=N–C) groups is 1. The Bertz CT molecular complexity index is 940. The lowest BCUT2D eigenvalue weighted by molar-refractivity contribution is -0.128. The predicted octanol–water partition coefficient (Wildman–Crippen LogP) is 3.81. The van der Waals surface area contributed by atoms with Crippen LogP contribution < -0.4 is 10.2 Å². The van der Waals surface area contributed by atoms with Gasteiger partial charge in [0.15, 0.2) is 0 Å². The van der Waals surface area contributed by atoms with Gasteiger partial charge in [0.1, 0.15) is 6.07 Å². The molecule has 1 aromatic carbocycles. The number of allylic oxidation sites excluding steroid dienone is 2. The lowest BCUT2D eigenvalue weighted by Gasteiger charge is -2.48. The molecule has 0 bridgehead atoms. The van der Waals surface area contributed by atoms with E-state index in [1.165, 1.54) is 0 Å². The summed E-state index contributed by atoms with van der Waals surface area (Å²) in [6.07, 6.45) is 6.47. The smallest absolute Gasteiger partial charge is 0.237 e. The molecule has 2 aliphatic heterocycles. The zero-order valence-corrected chi connectivity index (χ0v) is 21.1. The second-order valence-electron chi connectivity index (χ2n) is 9.71. The topological polar surface area (TPSA) is 71.7 Å². The molecule has 1 aromatic rings. The van der Waals surface area contributed by atoms with E-state index in [4.69, 9.17) is 0 Å². The van der Waals surface area contributed by atoms with Crippen LogP contribution in [0.1, 0.15) is 45.2 Å². The van der Waals surface area contributed by atoms with Gasteiger partial charge >= 0.3 is 0 Å². The van der Waals surface area contributed by atoms with E-state index in [2.05, 4.69) is 49.3 Å². The van der Waals surface area contributed by atoms with Crippen LogP contribution in [0.5, 0.6) is 0 Å². The summed E-state index contributed by atoms with van der Waals surface area (Å²) in [5.41, 5.74) is 3.37. The molecule has 0 saturated carbocycles. The number of carbonyl (C=O) groups excluding carboxylic acids is 1. The highest BCUT2D eigenvalue weighted by atomic mass is 31.0. The molecule has 2 aliphatic rings. The minimum atomic E-state index is -0.112. The van der Waals surface area contributed by atoms with Gasteiger partial charge in [-0.15, -0.1) is 9.24 Å². The van der Waals surface area contributed by atoms with Crippen molar-refractivity contribution in [3.05, 3.63) is 35.4 Å². The average molecular weight is 454 g/mol. The number of hydrogen-bond donors (Lipinski definition) is 1. The van der Waals surface area contributed by atoms with Crippen LogP contribution in [-0.4, -0.2) is 60.4 Å². The maximum Gasteiger partial charge on any atom is 0.237 e. The van der Waals surface area contributed by atoms with Crippen LogP contribution in [-0.2, 0) is 4.79 Å². The summed E-state index contributed by atoms with van der Waals surface area (Å²) in [6.45, 7) is 13.9. The van der Waals surface area contributed by atoms with Gasteiger partial charge in [-0.1, -0.05) is 19.9 Å². The van der Waals surface area contributed by atoms with Gasteiger partial charge in [0, 0.05) is 49.3 Å². The van der Waals surface area contributed by atoms with Crippen molar-refractivity contribution in [2.24, 2.45) is 10.9 Å². The maximum atomic E-state index is 12.9. The number of nitriles is 1. The van der Waals surface area contributed by atoms with E-state index in [0.717, 1.165) is 43.9 Å². The minimum absolute atomic E-state index is 0.0994. The zero-order valence-electron chi connectivity index (χ0n) is 19.9. The van der Waals surface area contributed by atoms with Crippen LogP contribution >= 0.6 is 9.24 Å². The van der Waals surface area contributed by atoms with E-state index in [-0.39, 0.29) is 23.1 Å². The third-order valence-corrected chi connectivity index (χ3v) is 6.77. The molecule has 3 rings (SSSR count). The molecule has 0 radical (unpaired) electrons. The van der Waals surface area contributed by atoms with Crippen LogP contribution in [0.3, 0.4) is 0 Å². The number of anilines is 1. The molecule has 7 heteroatoms. The summed E-state index contributed by atoms with van der Waals surface area (Å²) >= 11 is 0. The van der Waals surface area contributed by atoms with Gasteiger partial charge in [0.25, 0.3) is 0 Å². The molecule has 6 nitrogen and oxygen atoms in total. The van der Waals surface area contributed by atoms with Gasteiger partial charge in [-0.25, -0.2) is 0 Å². The number of nitrogens with zero attached hydrogens (tertiary/aromatic N) is 4. The van der Waals surface area contributed by atoms with Crippen LogP contribution in [0.25, 0.3) is 0 Å². The zero-order chi connectivity index (χ0) is 23.5. The predicted molar refractivity (Wildman–Crippen MR) is 136 cm³/mol. The monoisotopic (exact) mass is 453 g/mol. The molecule has 32 heavy (non-hydrogen) atoms. The van der Waals surface area contributed by atoms with Crippen molar-refractivity contribution in [3.63, 3.8) is 0 Å². The van der Waals surface area contributed by atoms with Crippen molar-refractivity contribution in [2.45, 2.75) is 58.3 Å². The number of benzene rings is 1. The Balaban J connectivity index is 1.74. The third kappa shape index (κ3) is 5.57. The van der Waals surface area contributed by atoms with Crippen molar-refractivity contribution in [1.82, 2.24) is 10.2 Å². The summed E-state index contributed by atoms with van der Waals surface area (Å²) in [7, 11) is 2.89. The Hall–Kier alpha value is -2.22.